The second-order valence-corrected chi connectivity index (χ2v) is 7.58. The Morgan fingerprint density at radius 1 is 1.43 bits per heavy atom. The first-order valence-electron chi connectivity index (χ1n) is 6.68. The Bertz CT molecular complexity index is 798. The number of carbonyl (C=O) groups excluding carboxylic acids is 1. The number of aromatic amines is 1. The highest BCUT2D eigenvalue weighted by Crippen LogP contribution is 2.20. The maximum atomic E-state index is 13.3. The summed E-state index contributed by atoms with van der Waals surface area (Å²) in [5.74, 6) is -0.481. The van der Waals surface area contributed by atoms with Crippen molar-refractivity contribution in [3.63, 3.8) is 0 Å². The summed E-state index contributed by atoms with van der Waals surface area (Å²) in [4.78, 5) is 15.0. The number of fused-ring (bicyclic) bond motifs is 1. The molecule has 0 spiro atoms. The largest absolute Gasteiger partial charge is 0.361 e. The number of H-pyrrole nitrogens is 1. The number of hydrogen-bond donors (Lipinski definition) is 2. The molecule has 1 aromatic carbocycles. The molecule has 1 fully saturated rings. The number of amides is 1. The van der Waals surface area contributed by atoms with E-state index in [0.29, 0.717) is 17.4 Å². The van der Waals surface area contributed by atoms with Crippen LogP contribution in [0.25, 0.3) is 10.9 Å². The van der Waals surface area contributed by atoms with Crippen LogP contribution in [0.15, 0.2) is 24.4 Å². The van der Waals surface area contributed by atoms with Gasteiger partial charge in [0.1, 0.15) is 5.82 Å². The summed E-state index contributed by atoms with van der Waals surface area (Å²) in [5.41, 5.74) is 1.46. The topological polar surface area (TPSA) is 79.0 Å². The number of nitrogens with one attached hydrogen (secondary N) is 2. The molecule has 1 aromatic heterocycles. The molecule has 2 aromatic rings. The molecule has 0 bridgehead atoms. The lowest BCUT2D eigenvalue weighted by atomic mass is 10.1. The van der Waals surface area contributed by atoms with Gasteiger partial charge in [-0.25, -0.2) is 12.8 Å². The van der Waals surface area contributed by atoms with Gasteiger partial charge in [0.2, 0.25) is 5.91 Å². The van der Waals surface area contributed by atoms with Crippen molar-refractivity contribution in [1.82, 2.24) is 10.3 Å². The molecule has 2 heterocycles. The first-order chi connectivity index (χ1) is 9.93. The van der Waals surface area contributed by atoms with Gasteiger partial charge in [0.15, 0.2) is 9.84 Å². The van der Waals surface area contributed by atoms with Gasteiger partial charge in [-0.3, -0.25) is 4.79 Å². The highest BCUT2D eigenvalue weighted by Gasteiger charge is 2.28. The zero-order valence-corrected chi connectivity index (χ0v) is 12.0. The number of sulfone groups is 1. The van der Waals surface area contributed by atoms with Crippen LogP contribution in [0.2, 0.25) is 0 Å². The maximum absolute atomic E-state index is 13.3. The van der Waals surface area contributed by atoms with Crippen LogP contribution in [0, 0.1) is 5.82 Å². The molecule has 1 unspecified atom stereocenters. The SMILES string of the molecule is O=C(Cc1c[nH]c2ccc(F)cc12)NC1CCS(=O)(=O)C1. The average molecular weight is 310 g/mol. The van der Waals surface area contributed by atoms with Crippen LogP contribution in [-0.2, 0) is 21.1 Å². The first kappa shape index (κ1) is 14.1. The molecule has 1 atom stereocenters. The Labute approximate surface area is 121 Å². The van der Waals surface area contributed by atoms with E-state index >= 15 is 0 Å². The minimum Gasteiger partial charge on any atom is -0.361 e. The molecule has 3 rings (SSSR count). The van der Waals surface area contributed by atoms with Crippen molar-refractivity contribution < 1.29 is 17.6 Å². The van der Waals surface area contributed by atoms with Gasteiger partial charge >= 0.3 is 0 Å². The van der Waals surface area contributed by atoms with Gasteiger partial charge in [0, 0.05) is 23.1 Å². The van der Waals surface area contributed by atoms with Crippen LogP contribution in [0.5, 0.6) is 0 Å². The van der Waals surface area contributed by atoms with E-state index in [0.717, 1.165) is 5.52 Å². The van der Waals surface area contributed by atoms with Crippen LogP contribution >= 0.6 is 0 Å². The summed E-state index contributed by atoms with van der Waals surface area (Å²) >= 11 is 0. The fourth-order valence-corrected chi connectivity index (χ4v) is 4.33. The fraction of sp³-hybridized carbons (Fsp3) is 0.357. The normalized spacial score (nSPS) is 20.7. The smallest absolute Gasteiger partial charge is 0.224 e. The Hall–Kier alpha value is -1.89. The predicted molar refractivity (Wildman–Crippen MR) is 77.2 cm³/mol. The molecule has 2 N–H and O–H groups in total. The van der Waals surface area contributed by atoms with Crippen molar-refractivity contribution in [2.45, 2.75) is 18.9 Å². The van der Waals surface area contributed by atoms with Gasteiger partial charge < -0.3 is 10.3 Å². The van der Waals surface area contributed by atoms with Gasteiger partial charge in [-0.2, -0.15) is 0 Å². The van der Waals surface area contributed by atoms with Crippen molar-refractivity contribution in [1.29, 1.82) is 0 Å². The van der Waals surface area contributed by atoms with E-state index in [9.17, 15) is 17.6 Å². The third kappa shape index (κ3) is 3.07. The molecule has 1 aliphatic heterocycles. The molecule has 0 saturated carbocycles. The van der Waals surface area contributed by atoms with Gasteiger partial charge in [0.05, 0.1) is 17.9 Å². The van der Waals surface area contributed by atoms with E-state index in [-0.39, 0.29) is 35.7 Å². The second-order valence-electron chi connectivity index (χ2n) is 5.35. The molecule has 1 aliphatic rings. The first-order valence-corrected chi connectivity index (χ1v) is 8.50. The number of hydrogen-bond acceptors (Lipinski definition) is 3. The molecule has 0 aliphatic carbocycles. The van der Waals surface area contributed by atoms with Crippen LogP contribution < -0.4 is 5.32 Å². The number of carbonyl (C=O) groups is 1. The lowest BCUT2D eigenvalue weighted by Gasteiger charge is -2.10. The summed E-state index contributed by atoms with van der Waals surface area (Å²) in [7, 11) is -3.01. The number of halogens is 1. The fourth-order valence-electron chi connectivity index (χ4n) is 2.66. The maximum Gasteiger partial charge on any atom is 0.224 e. The van der Waals surface area contributed by atoms with E-state index in [1.54, 1.807) is 12.3 Å². The zero-order chi connectivity index (χ0) is 15.0. The molecule has 21 heavy (non-hydrogen) atoms. The van der Waals surface area contributed by atoms with Crippen LogP contribution in [0.4, 0.5) is 4.39 Å². The molecule has 0 radical (unpaired) electrons. The summed E-state index contributed by atoms with van der Waals surface area (Å²) in [6.45, 7) is 0. The molecule has 1 amide bonds. The summed E-state index contributed by atoms with van der Waals surface area (Å²) < 4.78 is 36.0. The Kier molecular flexibility index (Phi) is 3.44. The standard InChI is InChI=1S/C14H15FN2O3S/c15-10-1-2-13-12(6-10)9(7-16-13)5-14(18)17-11-3-4-21(19,20)8-11/h1-2,6-7,11,16H,3-5,8H2,(H,17,18). The van der Waals surface area contributed by atoms with E-state index < -0.39 is 9.84 Å². The Balaban J connectivity index is 1.70. The molecule has 5 nitrogen and oxygen atoms in total. The number of rotatable bonds is 3. The minimum absolute atomic E-state index is 0.00124. The zero-order valence-electron chi connectivity index (χ0n) is 11.2. The highest BCUT2D eigenvalue weighted by molar-refractivity contribution is 7.91. The molecule has 7 heteroatoms. The third-order valence-electron chi connectivity index (χ3n) is 3.68. The van der Waals surface area contributed by atoms with Crippen LogP contribution in [-0.4, -0.2) is 36.9 Å². The van der Waals surface area contributed by atoms with E-state index in [4.69, 9.17) is 0 Å². The van der Waals surface area contributed by atoms with Gasteiger partial charge in [0.25, 0.3) is 0 Å². The van der Waals surface area contributed by atoms with E-state index in [2.05, 4.69) is 10.3 Å². The van der Waals surface area contributed by atoms with Gasteiger partial charge in [-0.1, -0.05) is 0 Å². The van der Waals surface area contributed by atoms with Crippen molar-refractivity contribution in [3.8, 4) is 0 Å². The molecular formula is C14H15FN2O3S. The van der Waals surface area contributed by atoms with Crippen molar-refractivity contribution in [3.05, 3.63) is 35.8 Å². The highest BCUT2D eigenvalue weighted by atomic mass is 32.2. The van der Waals surface area contributed by atoms with Gasteiger partial charge in [-0.05, 0) is 30.2 Å². The number of aromatic nitrogens is 1. The summed E-state index contributed by atoms with van der Waals surface area (Å²) in [6.07, 6.45) is 2.23. The van der Waals surface area contributed by atoms with Crippen molar-refractivity contribution >= 4 is 26.6 Å². The Morgan fingerprint density at radius 2 is 2.24 bits per heavy atom. The lowest BCUT2D eigenvalue weighted by Crippen LogP contribution is -2.36. The monoisotopic (exact) mass is 310 g/mol. The van der Waals surface area contributed by atoms with Crippen LogP contribution in [0.3, 0.4) is 0 Å². The summed E-state index contributed by atoms with van der Waals surface area (Å²) in [6, 6.07) is 4.04. The van der Waals surface area contributed by atoms with Crippen molar-refractivity contribution in [2.24, 2.45) is 0 Å². The third-order valence-corrected chi connectivity index (χ3v) is 5.45. The quantitative estimate of drug-likeness (QED) is 0.892. The Morgan fingerprint density at radius 3 is 2.95 bits per heavy atom. The second kappa shape index (κ2) is 5.14. The van der Waals surface area contributed by atoms with Crippen LogP contribution in [0.1, 0.15) is 12.0 Å². The van der Waals surface area contributed by atoms with E-state index in [1.807, 2.05) is 0 Å². The predicted octanol–water partition coefficient (Wildman–Crippen LogP) is 1.15. The van der Waals surface area contributed by atoms with Crippen molar-refractivity contribution in [2.75, 3.05) is 11.5 Å². The molecular weight excluding hydrogens is 295 g/mol. The number of benzene rings is 1. The molecule has 112 valence electrons. The minimum atomic E-state index is -3.01. The summed E-state index contributed by atoms with van der Waals surface area (Å²) in [5, 5.41) is 3.40. The van der Waals surface area contributed by atoms with Gasteiger partial charge in [-0.15, -0.1) is 0 Å². The van der Waals surface area contributed by atoms with E-state index in [1.165, 1.54) is 12.1 Å². The average Bonchev–Trinajstić information content (AvgIpc) is 2.93. The molecule has 1 saturated heterocycles. The lowest BCUT2D eigenvalue weighted by molar-refractivity contribution is -0.120.